The highest BCUT2D eigenvalue weighted by Crippen LogP contribution is 2.28. The van der Waals surface area contributed by atoms with Crippen LogP contribution in [0.25, 0.3) is 10.2 Å². The summed E-state index contributed by atoms with van der Waals surface area (Å²) in [6.07, 6.45) is 4.60. The minimum Gasteiger partial charge on any atom is -0.230 e. The number of rotatable bonds is 7. The fourth-order valence-electron chi connectivity index (χ4n) is 2.30. The monoisotopic (exact) mass is 339 g/mol. The molecule has 0 amide bonds. The molecule has 2 nitrogen and oxygen atoms in total. The first kappa shape index (κ1) is 16.9. The van der Waals surface area contributed by atoms with E-state index in [1.807, 2.05) is 18.2 Å². The zero-order valence-electron chi connectivity index (χ0n) is 12.7. The summed E-state index contributed by atoms with van der Waals surface area (Å²) >= 11 is 12.4. The normalized spacial score (nSPS) is 12.0. The summed E-state index contributed by atoms with van der Waals surface area (Å²) in [5, 5.41) is 0.952. The molecule has 0 unspecified atom stereocenters. The Morgan fingerprint density at radius 3 is 2.38 bits per heavy atom. The standard InChI is InChI=1S/C16H23N2S3/c1-3-5-11-18(20,12-6-4-2)16(19)15-17-13-9-7-8-10-14(13)21-15/h7-10,20H,3-6,11-12H2,1-2H3/q+1. The van der Waals surface area contributed by atoms with E-state index >= 15 is 0 Å². The van der Waals surface area contributed by atoms with E-state index in [2.05, 4.69) is 19.9 Å². The van der Waals surface area contributed by atoms with Gasteiger partial charge in [0.15, 0.2) is 5.01 Å². The Hall–Kier alpha value is -0.490. The number of quaternary nitrogens is 1. The fraction of sp³-hybridized carbons (Fsp3) is 0.500. The van der Waals surface area contributed by atoms with E-state index < -0.39 is 0 Å². The maximum atomic E-state index is 5.77. The number of unbranched alkanes of at least 4 members (excludes halogenated alkanes) is 2. The van der Waals surface area contributed by atoms with Crippen LogP contribution in [0.4, 0.5) is 0 Å². The second-order valence-corrected chi connectivity index (χ2v) is 7.55. The van der Waals surface area contributed by atoms with Crippen LogP contribution in [0.3, 0.4) is 0 Å². The largest absolute Gasteiger partial charge is 0.246 e. The van der Waals surface area contributed by atoms with Gasteiger partial charge in [0.05, 0.1) is 36.1 Å². The number of thiazole rings is 1. The van der Waals surface area contributed by atoms with E-state index in [4.69, 9.17) is 30.0 Å². The summed E-state index contributed by atoms with van der Waals surface area (Å²) in [4.78, 5) is 5.58. The Balaban J connectivity index is 2.27. The molecular formula is C16H23N2S3+. The van der Waals surface area contributed by atoms with Gasteiger partial charge < -0.3 is 0 Å². The molecule has 0 aliphatic rings. The zero-order chi connectivity index (χ0) is 15.3. The van der Waals surface area contributed by atoms with Crippen LogP contribution >= 0.6 is 36.4 Å². The highest BCUT2D eigenvalue weighted by Gasteiger charge is 2.32. The molecule has 1 heterocycles. The number of thiol groups is 1. The second-order valence-electron chi connectivity index (χ2n) is 5.37. The van der Waals surface area contributed by atoms with Gasteiger partial charge in [0.25, 0.3) is 0 Å². The molecule has 2 aromatic rings. The lowest BCUT2D eigenvalue weighted by Gasteiger charge is -2.30. The molecule has 0 aliphatic carbocycles. The Morgan fingerprint density at radius 2 is 1.81 bits per heavy atom. The van der Waals surface area contributed by atoms with Crippen LogP contribution in [0.15, 0.2) is 24.3 Å². The van der Waals surface area contributed by atoms with Gasteiger partial charge in [0.1, 0.15) is 0 Å². The Morgan fingerprint density at radius 1 is 1.19 bits per heavy atom. The first-order valence-corrected chi connectivity index (χ1v) is 9.23. The van der Waals surface area contributed by atoms with E-state index in [0.717, 1.165) is 54.3 Å². The Bertz CT molecular complexity index is 565. The molecule has 0 atom stereocenters. The fourth-order valence-corrected chi connectivity index (χ4v) is 4.07. The maximum absolute atomic E-state index is 5.77. The lowest BCUT2D eigenvalue weighted by atomic mass is 10.2. The minimum atomic E-state index is 0.552. The van der Waals surface area contributed by atoms with Gasteiger partial charge in [-0.1, -0.05) is 38.8 Å². The number of fused-ring (bicyclic) bond motifs is 1. The van der Waals surface area contributed by atoms with Crippen LogP contribution < -0.4 is 0 Å². The van der Waals surface area contributed by atoms with E-state index in [-0.39, 0.29) is 0 Å². The number of thiocarbonyl (C=S) groups is 1. The smallest absolute Gasteiger partial charge is 0.230 e. The van der Waals surface area contributed by atoms with Crippen molar-refractivity contribution in [2.45, 2.75) is 39.5 Å². The van der Waals surface area contributed by atoms with Crippen molar-refractivity contribution in [3.8, 4) is 0 Å². The molecule has 0 fully saturated rings. The molecule has 114 valence electrons. The van der Waals surface area contributed by atoms with Crippen molar-refractivity contribution in [2.75, 3.05) is 13.1 Å². The predicted molar refractivity (Wildman–Crippen MR) is 100 cm³/mol. The van der Waals surface area contributed by atoms with Crippen LogP contribution in [0.1, 0.15) is 44.5 Å². The highest BCUT2D eigenvalue weighted by atomic mass is 32.1. The molecule has 0 aliphatic heterocycles. The van der Waals surface area contributed by atoms with Gasteiger partial charge in [-0.05, 0) is 37.2 Å². The molecule has 0 saturated carbocycles. The minimum absolute atomic E-state index is 0.552. The lowest BCUT2D eigenvalue weighted by Crippen LogP contribution is -2.45. The lowest BCUT2D eigenvalue weighted by molar-refractivity contribution is -0.692. The van der Waals surface area contributed by atoms with Crippen LogP contribution in [-0.4, -0.2) is 27.0 Å². The van der Waals surface area contributed by atoms with Crippen molar-refractivity contribution >= 4 is 51.6 Å². The van der Waals surface area contributed by atoms with E-state index in [0.29, 0.717) is 3.89 Å². The second kappa shape index (κ2) is 7.68. The summed E-state index contributed by atoms with van der Waals surface area (Å²) in [6.45, 7) is 6.38. The van der Waals surface area contributed by atoms with Crippen molar-refractivity contribution in [3.63, 3.8) is 0 Å². The van der Waals surface area contributed by atoms with Crippen LogP contribution in [-0.2, 0) is 0 Å². The number of aromatic nitrogens is 1. The third-order valence-corrected chi connectivity index (χ3v) is 6.07. The number of nitrogens with zero attached hydrogens (tertiary/aromatic N) is 2. The average Bonchev–Trinajstić information content (AvgIpc) is 2.94. The van der Waals surface area contributed by atoms with E-state index in [1.54, 1.807) is 11.3 Å². The number of hydrogen-bond acceptors (Lipinski definition) is 4. The SMILES string of the molecule is CCCC[N+](S)(CCCC)C(=S)c1nc2ccccc2s1. The van der Waals surface area contributed by atoms with Gasteiger partial charge in [-0.2, -0.15) is 0 Å². The van der Waals surface area contributed by atoms with Gasteiger partial charge in [-0.3, -0.25) is 0 Å². The molecule has 1 aromatic heterocycles. The van der Waals surface area contributed by atoms with Crippen LogP contribution in [0.2, 0.25) is 0 Å². The third-order valence-electron chi connectivity index (χ3n) is 3.62. The molecule has 0 spiro atoms. The molecule has 21 heavy (non-hydrogen) atoms. The predicted octanol–water partition coefficient (Wildman–Crippen LogP) is 5.23. The van der Waals surface area contributed by atoms with Crippen LogP contribution in [0.5, 0.6) is 0 Å². The van der Waals surface area contributed by atoms with Crippen LogP contribution in [0, 0.1) is 0 Å². The van der Waals surface area contributed by atoms with Gasteiger partial charge >= 0.3 is 0 Å². The van der Waals surface area contributed by atoms with Gasteiger partial charge in [-0.15, -0.1) is 11.3 Å². The number of hydrogen-bond donors (Lipinski definition) is 1. The third kappa shape index (κ3) is 4.03. The molecule has 0 radical (unpaired) electrons. The maximum Gasteiger partial charge on any atom is 0.246 e. The summed E-state index contributed by atoms with van der Waals surface area (Å²) in [5.41, 5.74) is 1.03. The van der Waals surface area contributed by atoms with Crippen molar-refractivity contribution in [1.82, 2.24) is 4.98 Å². The van der Waals surface area contributed by atoms with Gasteiger partial charge in [0.2, 0.25) is 4.99 Å². The molecule has 0 saturated heterocycles. The van der Waals surface area contributed by atoms with Gasteiger partial charge in [-0.25, -0.2) is 8.87 Å². The molecule has 5 heteroatoms. The topological polar surface area (TPSA) is 12.9 Å². The average molecular weight is 340 g/mol. The number of para-hydroxylation sites is 1. The number of benzene rings is 1. The van der Waals surface area contributed by atoms with Crippen molar-refractivity contribution in [2.24, 2.45) is 0 Å². The Kier molecular flexibility index (Phi) is 6.17. The summed E-state index contributed by atoms with van der Waals surface area (Å²) in [6, 6.07) is 8.21. The van der Waals surface area contributed by atoms with E-state index in [1.165, 1.54) is 4.70 Å². The molecule has 2 rings (SSSR count). The molecule has 1 aromatic carbocycles. The quantitative estimate of drug-likeness (QED) is 0.421. The summed E-state index contributed by atoms with van der Waals surface area (Å²) in [7, 11) is 0. The summed E-state index contributed by atoms with van der Waals surface area (Å²) < 4.78 is 1.75. The van der Waals surface area contributed by atoms with E-state index in [9.17, 15) is 0 Å². The zero-order valence-corrected chi connectivity index (χ0v) is 15.2. The molecule has 0 bridgehead atoms. The highest BCUT2D eigenvalue weighted by molar-refractivity contribution is 7.82. The van der Waals surface area contributed by atoms with Crippen molar-refractivity contribution < 1.29 is 3.89 Å². The Labute approximate surface area is 142 Å². The van der Waals surface area contributed by atoms with Crippen molar-refractivity contribution in [3.05, 3.63) is 29.3 Å². The van der Waals surface area contributed by atoms with Crippen molar-refractivity contribution in [1.29, 1.82) is 0 Å². The molecular weight excluding hydrogens is 316 g/mol. The first-order chi connectivity index (χ1) is 10.1. The molecule has 0 N–H and O–H groups in total. The van der Waals surface area contributed by atoms with Gasteiger partial charge in [0, 0.05) is 0 Å². The first-order valence-electron chi connectivity index (χ1n) is 7.61. The summed E-state index contributed by atoms with van der Waals surface area (Å²) in [5.74, 6) is 0.